The number of aryl methyl sites for hydroxylation is 2. The first-order valence-corrected chi connectivity index (χ1v) is 7.43. The van der Waals surface area contributed by atoms with Crippen LogP contribution in [0.3, 0.4) is 0 Å². The minimum atomic E-state index is 0. The molecule has 2 saturated heterocycles. The molecule has 0 saturated carbocycles. The Morgan fingerprint density at radius 3 is 2.55 bits per heavy atom. The standard InChI is InChI=1S/C16H20N2O.ClH/c19-16(18-9-14-7-17-8-15(14)10-18)13-5-4-11-2-1-3-12(11)6-13;/h4-6,14-15,17H,1-3,7-10H2;1H/t14-,15+;. The minimum Gasteiger partial charge on any atom is -0.338 e. The fourth-order valence-electron chi connectivity index (χ4n) is 3.91. The Labute approximate surface area is 126 Å². The molecule has 4 rings (SSSR count). The Morgan fingerprint density at radius 1 is 1.10 bits per heavy atom. The lowest BCUT2D eigenvalue weighted by atomic mass is 10.0. The van der Waals surface area contributed by atoms with Gasteiger partial charge in [-0.2, -0.15) is 0 Å². The number of halogens is 1. The fourth-order valence-corrected chi connectivity index (χ4v) is 3.91. The number of amides is 1. The molecule has 1 aromatic carbocycles. The van der Waals surface area contributed by atoms with E-state index in [9.17, 15) is 4.79 Å². The van der Waals surface area contributed by atoms with Crippen LogP contribution in [0.15, 0.2) is 18.2 Å². The number of benzene rings is 1. The molecule has 0 radical (unpaired) electrons. The van der Waals surface area contributed by atoms with Gasteiger partial charge in [0.05, 0.1) is 0 Å². The van der Waals surface area contributed by atoms with Crippen molar-refractivity contribution in [1.29, 1.82) is 0 Å². The van der Waals surface area contributed by atoms with Crippen molar-refractivity contribution in [2.45, 2.75) is 19.3 Å². The van der Waals surface area contributed by atoms with Crippen LogP contribution >= 0.6 is 12.4 Å². The van der Waals surface area contributed by atoms with E-state index in [1.54, 1.807) is 0 Å². The highest BCUT2D eigenvalue weighted by Crippen LogP contribution is 2.28. The number of likely N-dealkylation sites (tertiary alicyclic amines) is 1. The third-order valence-electron chi connectivity index (χ3n) is 5.02. The third-order valence-corrected chi connectivity index (χ3v) is 5.02. The van der Waals surface area contributed by atoms with Crippen LogP contribution in [0.4, 0.5) is 0 Å². The summed E-state index contributed by atoms with van der Waals surface area (Å²) in [6.07, 6.45) is 3.57. The number of rotatable bonds is 1. The molecule has 1 amide bonds. The average Bonchev–Trinajstić information content (AvgIpc) is 3.11. The van der Waals surface area contributed by atoms with Crippen molar-refractivity contribution in [2.24, 2.45) is 11.8 Å². The number of hydrogen-bond donors (Lipinski definition) is 1. The van der Waals surface area contributed by atoms with Crippen LogP contribution in [0.1, 0.15) is 27.9 Å². The maximum atomic E-state index is 12.6. The first kappa shape index (κ1) is 13.9. The van der Waals surface area contributed by atoms with Crippen molar-refractivity contribution < 1.29 is 4.79 Å². The zero-order chi connectivity index (χ0) is 12.8. The first-order chi connectivity index (χ1) is 9.31. The van der Waals surface area contributed by atoms with Crippen molar-refractivity contribution >= 4 is 18.3 Å². The topological polar surface area (TPSA) is 32.3 Å². The maximum absolute atomic E-state index is 12.6. The maximum Gasteiger partial charge on any atom is 0.253 e. The number of hydrogen-bond acceptors (Lipinski definition) is 2. The van der Waals surface area contributed by atoms with Gasteiger partial charge in [-0.05, 0) is 54.4 Å². The Balaban J connectivity index is 0.00000121. The second-order valence-electron chi connectivity index (χ2n) is 6.23. The Morgan fingerprint density at radius 2 is 1.80 bits per heavy atom. The summed E-state index contributed by atoms with van der Waals surface area (Å²) in [5.41, 5.74) is 3.74. The molecule has 0 aromatic heterocycles. The highest BCUT2D eigenvalue weighted by atomic mass is 35.5. The fraction of sp³-hybridized carbons (Fsp3) is 0.562. The molecule has 20 heavy (non-hydrogen) atoms. The van der Waals surface area contributed by atoms with E-state index >= 15 is 0 Å². The highest BCUT2D eigenvalue weighted by Gasteiger charge is 2.38. The normalized spacial score (nSPS) is 27.1. The summed E-state index contributed by atoms with van der Waals surface area (Å²) in [6.45, 7) is 4.04. The smallest absolute Gasteiger partial charge is 0.253 e. The zero-order valence-corrected chi connectivity index (χ0v) is 12.4. The Kier molecular flexibility index (Phi) is 3.74. The third kappa shape index (κ3) is 2.23. The zero-order valence-electron chi connectivity index (χ0n) is 11.6. The van der Waals surface area contributed by atoms with Gasteiger partial charge in [-0.1, -0.05) is 6.07 Å². The van der Waals surface area contributed by atoms with Gasteiger partial charge in [0, 0.05) is 31.7 Å². The van der Waals surface area contributed by atoms with Crippen molar-refractivity contribution in [3.63, 3.8) is 0 Å². The van der Waals surface area contributed by atoms with Gasteiger partial charge in [-0.15, -0.1) is 12.4 Å². The largest absolute Gasteiger partial charge is 0.338 e. The lowest BCUT2D eigenvalue weighted by Gasteiger charge is -2.18. The van der Waals surface area contributed by atoms with Crippen molar-refractivity contribution in [2.75, 3.05) is 26.2 Å². The molecule has 0 bridgehead atoms. The molecule has 2 fully saturated rings. The Bertz CT molecular complexity index is 519. The van der Waals surface area contributed by atoms with Gasteiger partial charge in [0.1, 0.15) is 0 Å². The van der Waals surface area contributed by atoms with E-state index in [1.165, 1.54) is 24.0 Å². The number of nitrogens with zero attached hydrogens (tertiary/aromatic N) is 1. The number of fused-ring (bicyclic) bond motifs is 2. The van der Waals surface area contributed by atoms with Crippen LogP contribution in [0.2, 0.25) is 0 Å². The summed E-state index contributed by atoms with van der Waals surface area (Å²) in [7, 11) is 0. The molecule has 3 nitrogen and oxygen atoms in total. The monoisotopic (exact) mass is 292 g/mol. The number of carbonyl (C=O) groups is 1. The van der Waals surface area contributed by atoms with Crippen molar-refractivity contribution in [3.05, 3.63) is 34.9 Å². The quantitative estimate of drug-likeness (QED) is 0.857. The second kappa shape index (κ2) is 5.38. The Hall–Kier alpha value is -1.06. The van der Waals surface area contributed by atoms with Gasteiger partial charge < -0.3 is 10.2 Å². The number of nitrogens with one attached hydrogen (secondary N) is 1. The van der Waals surface area contributed by atoms with E-state index in [0.29, 0.717) is 11.8 Å². The van der Waals surface area contributed by atoms with Gasteiger partial charge in [0.15, 0.2) is 0 Å². The second-order valence-corrected chi connectivity index (χ2v) is 6.23. The van der Waals surface area contributed by atoms with Crippen LogP contribution in [-0.2, 0) is 12.8 Å². The van der Waals surface area contributed by atoms with Gasteiger partial charge >= 0.3 is 0 Å². The van der Waals surface area contributed by atoms with Gasteiger partial charge in [0.2, 0.25) is 0 Å². The van der Waals surface area contributed by atoms with E-state index in [4.69, 9.17) is 0 Å². The summed E-state index contributed by atoms with van der Waals surface area (Å²) < 4.78 is 0. The van der Waals surface area contributed by atoms with Crippen LogP contribution in [-0.4, -0.2) is 37.0 Å². The molecule has 1 aromatic rings. The summed E-state index contributed by atoms with van der Waals surface area (Å²) >= 11 is 0. The molecular weight excluding hydrogens is 272 g/mol. The average molecular weight is 293 g/mol. The summed E-state index contributed by atoms with van der Waals surface area (Å²) in [6, 6.07) is 6.32. The van der Waals surface area contributed by atoms with Gasteiger partial charge in [-0.25, -0.2) is 0 Å². The van der Waals surface area contributed by atoms with Gasteiger partial charge in [-0.3, -0.25) is 4.79 Å². The van der Waals surface area contributed by atoms with Crippen molar-refractivity contribution in [3.8, 4) is 0 Å². The molecule has 1 N–H and O–H groups in total. The molecule has 1 aliphatic carbocycles. The molecule has 2 atom stereocenters. The summed E-state index contributed by atoms with van der Waals surface area (Å²) in [5.74, 6) is 1.60. The number of carbonyl (C=O) groups excluding carboxylic acids is 1. The molecule has 0 spiro atoms. The van der Waals surface area contributed by atoms with Gasteiger partial charge in [0.25, 0.3) is 5.91 Å². The molecule has 3 aliphatic rings. The van der Waals surface area contributed by atoms with E-state index in [0.717, 1.165) is 38.2 Å². The summed E-state index contributed by atoms with van der Waals surface area (Å²) in [5, 5.41) is 3.42. The molecule has 2 aliphatic heterocycles. The highest BCUT2D eigenvalue weighted by molar-refractivity contribution is 5.94. The summed E-state index contributed by atoms with van der Waals surface area (Å²) in [4.78, 5) is 14.6. The predicted octanol–water partition coefficient (Wildman–Crippen LogP) is 1.89. The minimum absolute atomic E-state index is 0. The first-order valence-electron chi connectivity index (χ1n) is 7.43. The predicted molar refractivity (Wildman–Crippen MR) is 81.5 cm³/mol. The molecule has 4 heteroatoms. The van der Waals surface area contributed by atoms with E-state index in [2.05, 4.69) is 22.3 Å². The van der Waals surface area contributed by atoms with E-state index in [1.807, 2.05) is 6.07 Å². The SMILES string of the molecule is Cl.O=C(c1ccc2c(c1)CCC2)N1C[C@H]2CNC[C@H]2C1. The van der Waals surface area contributed by atoms with Crippen LogP contribution in [0.5, 0.6) is 0 Å². The van der Waals surface area contributed by atoms with Crippen LogP contribution in [0, 0.1) is 11.8 Å². The van der Waals surface area contributed by atoms with Crippen molar-refractivity contribution in [1.82, 2.24) is 10.2 Å². The van der Waals surface area contributed by atoms with Crippen LogP contribution < -0.4 is 5.32 Å². The molecule has 2 heterocycles. The molecular formula is C16H21ClN2O. The lowest BCUT2D eigenvalue weighted by Crippen LogP contribution is -2.31. The van der Waals surface area contributed by atoms with E-state index < -0.39 is 0 Å². The van der Waals surface area contributed by atoms with Crippen LogP contribution in [0.25, 0.3) is 0 Å². The lowest BCUT2D eigenvalue weighted by molar-refractivity contribution is 0.0781. The molecule has 0 unspecified atom stereocenters. The molecule has 108 valence electrons. The van der Waals surface area contributed by atoms with E-state index in [-0.39, 0.29) is 18.3 Å².